The third kappa shape index (κ3) is 6.10. The van der Waals surface area contributed by atoms with Crippen LogP contribution >= 0.6 is 11.6 Å². The normalized spacial score (nSPS) is 15.8. The summed E-state index contributed by atoms with van der Waals surface area (Å²) in [4.78, 5) is 21.6. The number of benzene rings is 3. The molecule has 12 heteroatoms. The number of carbonyl (C=O) groups excluding carboxylic acids is 1. The van der Waals surface area contributed by atoms with Crippen molar-refractivity contribution in [3.8, 4) is 0 Å². The minimum atomic E-state index is -1.99. The highest BCUT2D eigenvalue weighted by Crippen LogP contribution is 2.31. The Morgan fingerprint density at radius 1 is 1.05 bits per heavy atom. The lowest BCUT2D eigenvalue weighted by atomic mass is 9.86. The molecular formula is C29H30ClF2N7O2. The zero-order chi connectivity index (χ0) is 29.1. The fourth-order valence-corrected chi connectivity index (χ4v) is 5.21. The molecule has 4 N–H and O–H groups in total. The van der Waals surface area contributed by atoms with Gasteiger partial charge >= 0.3 is 0 Å². The maximum absolute atomic E-state index is 14.8. The molecule has 1 aliphatic rings. The smallest absolute Gasteiger partial charge is 0.253 e. The first-order chi connectivity index (χ1) is 19.6. The van der Waals surface area contributed by atoms with Gasteiger partial charge in [0.05, 0.1) is 18.2 Å². The monoisotopic (exact) mass is 581 g/mol. The Morgan fingerprint density at radius 2 is 1.71 bits per heavy atom. The van der Waals surface area contributed by atoms with Gasteiger partial charge in [0, 0.05) is 59.9 Å². The van der Waals surface area contributed by atoms with Gasteiger partial charge in [-0.15, -0.1) is 0 Å². The van der Waals surface area contributed by atoms with E-state index >= 15 is 0 Å². The minimum absolute atomic E-state index is 0.191. The van der Waals surface area contributed by atoms with Crippen LogP contribution in [0.3, 0.4) is 0 Å². The predicted octanol–water partition coefficient (Wildman–Crippen LogP) is 3.82. The molecule has 4 aromatic rings. The van der Waals surface area contributed by atoms with Gasteiger partial charge in [-0.1, -0.05) is 17.7 Å². The molecule has 0 bridgehead atoms. The first-order valence-electron chi connectivity index (χ1n) is 13.1. The Hall–Kier alpha value is -4.22. The number of nitrogen functional groups attached to an aromatic ring is 1. The fraction of sp³-hybridized carbons (Fsp3) is 0.276. The molecule has 0 aliphatic carbocycles. The highest BCUT2D eigenvalue weighted by molar-refractivity contribution is 6.30. The third-order valence-electron chi connectivity index (χ3n) is 7.45. The zero-order valence-electron chi connectivity index (χ0n) is 22.3. The van der Waals surface area contributed by atoms with Crippen LogP contribution in [0, 0.1) is 11.6 Å². The summed E-state index contributed by atoms with van der Waals surface area (Å²) in [5.74, 6) is -2.28. The quantitative estimate of drug-likeness (QED) is 0.271. The Labute approximate surface area is 241 Å². The number of nitrogens with two attached hydrogens (primary N) is 1. The van der Waals surface area contributed by atoms with Crippen molar-refractivity contribution in [1.82, 2.24) is 20.1 Å². The number of hydrogen-bond donors (Lipinski definition) is 3. The van der Waals surface area contributed by atoms with Crippen LogP contribution in [0.25, 0.3) is 0 Å². The van der Waals surface area contributed by atoms with Crippen LogP contribution in [-0.4, -0.2) is 58.0 Å². The van der Waals surface area contributed by atoms with Gasteiger partial charge in [0.1, 0.15) is 29.9 Å². The number of aromatic nitrogens is 3. The summed E-state index contributed by atoms with van der Waals surface area (Å²) in [6, 6.07) is 14.8. The number of aliphatic hydroxyl groups is 1. The van der Waals surface area contributed by atoms with Gasteiger partial charge in [0.2, 0.25) is 0 Å². The maximum atomic E-state index is 14.8. The van der Waals surface area contributed by atoms with E-state index in [1.165, 1.54) is 24.3 Å². The van der Waals surface area contributed by atoms with Gasteiger partial charge in [0.15, 0.2) is 0 Å². The minimum Gasteiger partial charge on any atom is -0.398 e. The number of nitrogens with zero attached hydrogens (tertiary/aromatic N) is 5. The molecular weight excluding hydrogens is 552 g/mol. The van der Waals surface area contributed by atoms with Crippen LogP contribution in [0.15, 0.2) is 73.3 Å². The van der Waals surface area contributed by atoms with E-state index in [4.69, 9.17) is 17.3 Å². The van der Waals surface area contributed by atoms with Gasteiger partial charge in [-0.2, -0.15) is 5.10 Å². The summed E-state index contributed by atoms with van der Waals surface area (Å²) in [7, 11) is 0. The topological polar surface area (TPSA) is 113 Å². The molecule has 1 aliphatic heterocycles. The zero-order valence-corrected chi connectivity index (χ0v) is 23.1. The second kappa shape index (κ2) is 11.7. The van der Waals surface area contributed by atoms with Crippen LogP contribution in [0.4, 0.5) is 25.8 Å². The Bertz CT molecular complexity index is 1510. The third-order valence-corrected chi connectivity index (χ3v) is 7.70. The van der Waals surface area contributed by atoms with Crippen LogP contribution in [0.1, 0.15) is 22.8 Å². The number of hydrogen-bond acceptors (Lipinski definition) is 7. The van der Waals surface area contributed by atoms with Gasteiger partial charge < -0.3 is 26.0 Å². The van der Waals surface area contributed by atoms with Crippen molar-refractivity contribution in [3.05, 3.63) is 101 Å². The molecule has 0 radical (unpaired) electrons. The van der Waals surface area contributed by atoms with E-state index in [1.807, 2.05) is 30.3 Å². The molecule has 1 saturated heterocycles. The molecule has 1 fully saturated rings. The predicted molar refractivity (Wildman–Crippen MR) is 154 cm³/mol. The van der Waals surface area contributed by atoms with Crippen molar-refractivity contribution in [2.24, 2.45) is 0 Å². The lowest BCUT2D eigenvalue weighted by Crippen LogP contribution is -2.52. The van der Waals surface area contributed by atoms with Crippen molar-refractivity contribution >= 4 is 34.6 Å². The van der Waals surface area contributed by atoms with Crippen LogP contribution in [0.5, 0.6) is 0 Å². The first-order valence-corrected chi connectivity index (χ1v) is 13.5. The summed E-state index contributed by atoms with van der Waals surface area (Å²) in [6.07, 6.45) is 2.62. The van der Waals surface area contributed by atoms with Crippen molar-refractivity contribution in [3.63, 3.8) is 0 Å². The molecule has 9 nitrogen and oxygen atoms in total. The second-order valence-electron chi connectivity index (χ2n) is 10.1. The first kappa shape index (κ1) is 28.3. The van der Waals surface area contributed by atoms with Crippen molar-refractivity contribution < 1.29 is 18.7 Å². The lowest BCUT2D eigenvalue weighted by Gasteiger charge is -2.37. The van der Waals surface area contributed by atoms with E-state index in [2.05, 4.69) is 25.2 Å². The van der Waals surface area contributed by atoms with Crippen molar-refractivity contribution in [2.45, 2.75) is 25.1 Å². The van der Waals surface area contributed by atoms with Gasteiger partial charge in [0.25, 0.3) is 5.91 Å². The number of rotatable bonds is 8. The summed E-state index contributed by atoms with van der Waals surface area (Å²) >= 11 is 6.01. The largest absolute Gasteiger partial charge is 0.398 e. The molecule has 0 unspecified atom stereocenters. The molecule has 3 aromatic carbocycles. The maximum Gasteiger partial charge on any atom is 0.253 e. The average molecular weight is 582 g/mol. The second-order valence-corrected chi connectivity index (χ2v) is 10.5. The Morgan fingerprint density at radius 3 is 2.32 bits per heavy atom. The molecule has 2 atom stereocenters. The number of halogens is 3. The van der Waals surface area contributed by atoms with E-state index in [0.29, 0.717) is 11.1 Å². The fourth-order valence-electron chi connectivity index (χ4n) is 5.08. The highest BCUT2D eigenvalue weighted by Gasteiger charge is 2.40. The molecule has 41 heavy (non-hydrogen) atoms. The standard InChI is InChI=1S/C29H30ClF2N7O2/c1-19(29(41,16-39-18-34-17-35-39)25-9-4-21(31)14-26(25)32)36-28(40)24-8-7-23(15-27(24)33)38-12-10-37(11-13-38)22-5-2-20(30)3-6-22/h2-9,14-15,17-19,41H,10-13,16,33H2,1H3,(H,36,40)/t19-,29-/m1/s1. The molecule has 0 saturated carbocycles. The van der Waals surface area contributed by atoms with Crippen molar-refractivity contribution in [2.75, 3.05) is 41.7 Å². The molecule has 1 aromatic heterocycles. The number of anilines is 3. The van der Waals surface area contributed by atoms with Gasteiger partial charge in [-0.05, 0) is 55.5 Å². The van der Waals surface area contributed by atoms with Gasteiger partial charge in [-0.3, -0.25) is 4.79 Å². The average Bonchev–Trinajstić information content (AvgIpc) is 3.46. The van der Waals surface area contributed by atoms with E-state index < -0.39 is 29.2 Å². The molecule has 214 valence electrons. The van der Waals surface area contributed by atoms with E-state index in [9.17, 15) is 18.7 Å². The summed E-state index contributed by atoms with van der Waals surface area (Å²) < 4.78 is 29.8. The number of piperazine rings is 1. The van der Waals surface area contributed by atoms with Crippen molar-refractivity contribution in [1.29, 1.82) is 0 Å². The lowest BCUT2D eigenvalue weighted by molar-refractivity contribution is -0.0186. The number of amides is 1. The van der Waals surface area contributed by atoms with Crippen LogP contribution in [-0.2, 0) is 12.1 Å². The van der Waals surface area contributed by atoms with Crippen LogP contribution in [0.2, 0.25) is 5.02 Å². The Balaban J connectivity index is 1.29. The number of nitrogens with one attached hydrogen (secondary N) is 1. The SMILES string of the molecule is C[C@@H](NC(=O)c1ccc(N2CCN(c3ccc(Cl)cc3)CC2)cc1N)[C@](O)(Cn1cncn1)c1ccc(F)cc1F. The molecule has 0 spiro atoms. The summed E-state index contributed by atoms with van der Waals surface area (Å²) in [5, 5.41) is 19.1. The molecule has 5 rings (SSSR count). The van der Waals surface area contributed by atoms with E-state index in [0.717, 1.165) is 49.7 Å². The van der Waals surface area contributed by atoms with Gasteiger partial charge in [-0.25, -0.2) is 18.4 Å². The molecule has 1 amide bonds. The van der Waals surface area contributed by atoms with E-state index in [1.54, 1.807) is 12.1 Å². The summed E-state index contributed by atoms with van der Waals surface area (Å²) in [6.45, 7) is 4.44. The van der Waals surface area contributed by atoms with E-state index in [-0.39, 0.29) is 23.4 Å². The summed E-state index contributed by atoms with van der Waals surface area (Å²) in [5.41, 5.74) is 6.61. The molecule has 2 heterocycles. The highest BCUT2D eigenvalue weighted by atomic mass is 35.5. The van der Waals surface area contributed by atoms with Crippen LogP contribution < -0.4 is 20.9 Å². The number of carbonyl (C=O) groups is 1. The Kier molecular flexibility index (Phi) is 8.09.